The van der Waals surface area contributed by atoms with E-state index in [2.05, 4.69) is 43.0 Å². The van der Waals surface area contributed by atoms with Gasteiger partial charge in [0.05, 0.1) is 35.4 Å². The summed E-state index contributed by atoms with van der Waals surface area (Å²) in [5.74, 6) is -0.186. The fourth-order valence-electron chi connectivity index (χ4n) is 4.80. The molecule has 0 atom stereocenters. The van der Waals surface area contributed by atoms with Crippen molar-refractivity contribution in [1.82, 2.24) is 40.4 Å². The van der Waals surface area contributed by atoms with Crippen molar-refractivity contribution in [3.63, 3.8) is 0 Å². The standard InChI is InChI=1S/C29H33F3N8O3/c1-28(2,3)43-27(42)39-15-20(16-39)18-10-19-11-22(35-36-24(19)12-18)6-4-5-9-40-17-25(37-38-40)26(41)34-14-23-8-7-21(13-33-23)29(30,31)32/h7-8,10-11,13,17,20H,4-6,9,12,14-16H2,1-3H3,(H,34,41). The molecular weight excluding hydrogens is 565 g/mol. The van der Waals surface area contributed by atoms with Gasteiger partial charge in [0.15, 0.2) is 5.69 Å². The van der Waals surface area contributed by atoms with Crippen LogP contribution in [0.5, 0.6) is 0 Å². The molecule has 0 spiro atoms. The normalized spacial score (nSPS) is 15.1. The number of aryl methyl sites for hydroxylation is 2. The topological polar surface area (TPSA) is 128 Å². The van der Waals surface area contributed by atoms with Gasteiger partial charge in [-0.1, -0.05) is 16.9 Å². The highest BCUT2D eigenvalue weighted by atomic mass is 19.4. The number of amides is 2. The van der Waals surface area contributed by atoms with Gasteiger partial charge in [-0.05, 0) is 63.8 Å². The number of likely N-dealkylation sites (tertiary alicyclic amines) is 1. The van der Waals surface area contributed by atoms with Crippen LogP contribution in [0.1, 0.15) is 72.3 Å². The Morgan fingerprint density at radius 2 is 1.86 bits per heavy atom. The van der Waals surface area contributed by atoms with E-state index >= 15 is 0 Å². The van der Waals surface area contributed by atoms with Crippen LogP contribution in [0, 0.1) is 5.92 Å². The summed E-state index contributed by atoms with van der Waals surface area (Å²) in [5.41, 5.74) is 3.25. The van der Waals surface area contributed by atoms with Gasteiger partial charge in [-0.25, -0.2) is 4.79 Å². The maximum atomic E-state index is 12.7. The zero-order valence-electron chi connectivity index (χ0n) is 24.2. The van der Waals surface area contributed by atoms with E-state index in [1.807, 2.05) is 20.8 Å². The minimum absolute atomic E-state index is 0.0342. The van der Waals surface area contributed by atoms with E-state index in [9.17, 15) is 22.8 Å². The van der Waals surface area contributed by atoms with Gasteiger partial charge in [-0.15, -0.1) is 5.10 Å². The van der Waals surface area contributed by atoms with Crippen LogP contribution in [0.25, 0.3) is 6.08 Å². The van der Waals surface area contributed by atoms with Crippen LogP contribution in [0.2, 0.25) is 0 Å². The molecule has 2 aliphatic rings. The summed E-state index contributed by atoms with van der Waals surface area (Å²) >= 11 is 0. The molecule has 3 aromatic heterocycles. The minimum Gasteiger partial charge on any atom is -0.444 e. The van der Waals surface area contributed by atoms with Gasteiger partial charge in [0.2, 0.25) is 0 Å². The number of rotatable bonds is 9. The number of nitrogens with zero attached hydrogens (tertiary/aromatic N) is 7. The van der Waals surface area contributed by atoms with Crippen molar-refractivity contribution in [2.75, 3.05) is 13.1 Å². The molecule has 2 amide bonds. The summed E-state index contributed by atoms with van der Waals surface area (Å²) in [7, 11) is 0. The molecule has 0 bridgehead atoms. The number of unbranched alkanes of at least 4 members (excludes halogenated alkanes) is 1. The average molecular weight is 599 g/mol. The summed E-state index contributed by atoms with van der Waals surface area (Å²) in [6, 6.07) is 4.21. The number of ether oxygens (including phenoxy) is 1. The minimum atomic E-state index is -4.46. The second-order valence-electron chi connectivity index (χ2n) is 11.8. The lowest BCUT2D eigenvalue weighted by atomic mass is 9.91. The van der Waals surface area contributed by atoms with E-state index in [-0.39, 0.29) is 18.3 Å². The molecule has 1 aliphatic carbocycles. The predicted molar refractivity (Wildman–Crippen MR) is 148 cm³/mol. The van der Waals surface area contributed by atoms with Crippen LogP contribution in [-0.4, -0.2) is 65.8 Å². The molecular formula is C29H33F3N8O3. The van der Waals surface area contributed by atoms with E-state index in [1.165, 1.54) is 17.8 Å². The highest BCUT2D eigenvalue weighted by Gasteiger charge is 2.37. The molecule has 0 unspecified atom stereocenters. The number of nitrogens with one attached hydrogen (secondary N) is 1. The monoisotopic (exact) mass is 598 g/mol. The van der Waals surface area contributed by atoms with Crippen LogP contribution in [0.15, 0.2) is 36.2 Å². The molecule has 14 heteroatoms. The first-order valence-corrected chi connectivity index (χ1v) is 14.1. The maximum Gasteiger partial charge on any atom is 0.417 e. The van der Waals surface area contributed by atoms with E-state index in [0.29, 0.717) is 31.2 Å². The molecule has 5 rings (SSSR count). The molecule has 0 saturated carbocycles. The zero-order chi connectivity index (χ0) is 30.8. The average Bonchev–Trinajstić information content (AvgIpc) is 3.54. The van der Waals surface area contributed by atoms with Crippen LogP contribution < -0.4 is 5.32 Å². The van der Waals surface area contributed by atoms with Crippen LogP contribution in [-0.2, 0) is 36.8 Å². The third-order valence-electron chi connectivity index (χ3n) is 7.15. The van der Waals surface area contributed by atoms with Gasteiger partial charge in [-0.2, -0.15) is 23.4 Å². The van der Waals surface area contributed by atoms with Crippen LogP contribution in [0.3, 0.4) is 0 Å². The van der Waals surface area contributed by atoms with Crippen molar-refractivity contribution < 1.29 is 27.5 Å². The van der Waals surface area contributed by atoms with E-state index in [1.54, 1.807) is 9.58 Å². The van der Waals surface area contributed by atoms with Gasteiger partial charge in [0.1, 0.15) is 5.60 Å². The zero-order valence-corrected chi connectivity index (χ0v) is 24.2. The molecule has 1 saturated heterocycles. The molecule has 4 heterocycles. The van der Waals surface area contributed by atoms with Crippen molar-refractivity contribution in [1.29, 1.82) is 0 Å². The van der Waals surface area contributed by atoms with Gasteiger partial charge >= 0.3 is 12.3 Å². The number of pyridine rings is 1. The van der Waals surface area contributed by atoms with Crippen molar-refractivity contribution in [3.05, 3.63) is 70.1 Å². The van der Waals surface area contributed by atoms with Crippen molar-refractivity contribution in [3.8, 4) is 0 Å². The van der Waals surface area contributed by atoms with Crippen molar-refractivity contribution in [2.45, 2.75) is 71.3 Å². The highest BCUT2D eigenvalue weighted by molar-refractivity contribution is 5.91. The SMILES string of the molecule is CC(C)(C)OC(=O)N1CC(C2=Cc3cc(CCCCn4cc(C(=O)NCc5ccc(C(F)(F)F)cn5)nn4)nnc3C2)C1. The fraction of sp³-hybridized carbons (Fsp3) is 0.483. The number of hydrogen-bond donors (Lipinski definition) is 1. The van der Waals surface area contributed by atoms with Gasteiger partial charge in [0, 0.05) is 38.2 Å². The largest absolute Gasteiger partial charge is 0.444 e. The lowest BCUT2D eigenvalue weighted by Crippen LogP contribution is -2.52. The Kier molecular flexibility index (Phi) is 8.47. The first kappa shape index (κ1) is 30.1. The summed E-state index contributed by atoms with van der Waals surface area (Å²) in [6.07, 6.45) is 2.79. The molecule has 11 nitrogen and oxygen atoms in total. The smallest absolute Gasteiger partial charge is 0.417 e. The molecule has 228 valence electrons. The quantitative estimate of drug-likeness (QED) is 0.363. The highest BCUT2D eigenvalue weighted by Crippen LogP contribution is 2.34. The summed E-state index contributed by atoms with van der Waals surface area (Å²) in [4.78, 5) is 30.1. The Hall–Kier alpha value is -4.36. The van der Waals surface area contributed by atoms with E-state index < -0.39 is 23.2 Å². The Bertz CT molecular complexity index is 1510. The molecule has 0 aromatic carbocycles. The molecule has 0 radical (unpaired) electrons. The predicted octanol–water partition coefficient (Wildman–Crippen LogP) is 4.24. The Morgan fingerprint density at radius 1 is 1.07 bits per heavy atom. The van der Waals surface area contributed by atoms with E-state index in [4.69, 9.17) is 4.74 Å². The fourth-order valence-corrected chi connectivity index (χ4v) is 4.80. The summed E-state index contributed by atoms with van der Waals surface area (Å²) in [5, 5.41) is 19.3. The molecule has 1 N–H and O–H groups in total. The summed E-state index contributed by atoms with van der Waals surface area (Å²) in [6.45, 7) is 7.40. The lowest BCUT2D eigenvalue weighted by molar-refractivity contribution is -0.137. The number of alkyl halides is 3. The first-order valence-electron chi connectivity index (χ1n) is 14.1. The number of aromatic nitrogens is 6. The third kappa shape index (κ3) is 7.73. The summed E-state index contributed by atoms with van der Waals surface area (Å²) < 4.78 is 45.0. The van der Waals surface area contributed by atoms with Gasteiger partial charge in [-0.3, -0.25) is 14.5 Å². The van der Waals surface area contributed by atoms with Gasteiger partial charge in [0.25, 0.3) is 5.91 Å². The second-order valence-corrected chi connectivity index (χ2v) is 11.8. The van der Waals surface area contributed by atoms with Crippen LogP contribution >= 0.6 is 0 Å². The second kappa shape index (κ2) is 12.1. The van der Waals surface area contributed by atoms with Crippen molar-refractivity contribution >= 4 is 18.1 Å². The number of fused-ring (bicyclic) bond motifs is 1. The Labute approximate surface area is 246 Å². The first-order chi connectivity index (χ1) is 20.3. The Morgan fingerprint density at radius 3 is 2.56 bits per heavy atom. The number of carbonyl (C=O) groups excluding carboxylic acids is 2. The molecule has 1 aliphatic heterocycles. The lowest BCUT2D eigenvalue weighted by Gasteiger charge is -2.40. The number of carbonyl (C=O) groups is 2. The van der Waals surface area contributed by atoms with E-state index in [0.717, 1.165) is 54.9 Å². The third-order valence-corrected chi connectivity index (χ3v) is 7.15. The van der Waals surface area contributed by atoms with Gasteiger partial charge < -0.3 is 15.0 Å². The Balaban J connectivity index is 1.03. The maximum absolute atomic E-state index is 12.7. The number of hydrogen-bond acceptors (Lipinski definition) is 8. The molecule has 3 aromatic rings. The molecule has 43 heavy (non-hydrogen) atoms. The number of halogens is 3. The van der Waals surface area contributed by atoms with Crippen molar-refractivity contribution in [2.24, 2.45) is 5.92 Å². The van der Waals surface area contributed by atoms with Crippen LogP contribution in [0.4, 0.5) is 18.0 Å². The molecule has 1 fully saturated rings.